The molecule has 138 valence electrons. The van der Waals surface area contributed by atoms with Crippen LogP contribution in [-0.4, -0.2) is 26.2 Å². The fourth-order valence-corrected chi connectivity index (χ4v) is 3.01. The highest BCUT2D eigenvalue weighted by atomic mass is 16.3. The molecule has 4 nitrogen and oxygen atoms in total. The van der Waals surface area contributed by atoms with E-state index in [9.17, 15) is 10.2 Å². The van der Waals surface area contributed by atoms with Gasteiger partial charge in [-0.3, -0.25) is 9.80 Å². The van der Waals surface area contributed by atoms with Gasteiger partial charge in [0.15, 0.2) is 11.5 Å². The average molecular weight is 337 g/mol. The van der Waals surface area contributed by atoms with Crippen LogP contribution in [0, 0.1) is 0 Å². The van der Waals surface area contributed by atoms with E-state index < -0.39 is 0 Å². The van der Waals surface area contributed by atoms with Crippen molar-refractivity contribution in [3.8, 4) is 11.5 Å². The average Bonchev–Trinajstić information content (AvgIpc) is 2.59. The monoisotopic (exact) mass is 336 g/mol. The molecule has 0 aliphatic carbocycles. The lowest BCUT2D eigenvalue weighted by molar-refractivity contribution is -0.288. The summed E-state index contributed by atoms with van der Waals surface area (Å²) in [5, 5.41) is 25.5. The fraction of sp³-hybridized carbons (Fsp3) is 0.800. The van der Waals surface area contributed by atoms with E-state index in [-0.39, 0.29) is 11.5 Å². The second-order valence-electron chi connectivity index (χ2n) is 6.74. The number of hydrogen-bond donors (Lipinski definition) is 0. The molecular formula is C20H36N2O2. The van der Waals surface area contributed by atoms with E-state index in [0.717, 1.165) is 77.5 Å². The summed E-state index contributed by atoms with van der Waals surface area (Å²) >= 11 is 0. The van der Waals surface area contributed by atoms with Crippen LogP contribution in [0.4, 0.5) is 11.4 Å². The Balaban J connectivity index is 2.91. The van der Waals surface area contributed by atoms with Gasteiger partial charge in [0.2, 0.25) is 0 Å². The van der Waals surface area contributed by atoms with Gasteiger partial charge in [0.1, 0.15) is 0 Å². The zero-order chi connectivity index (χ0) is 17.9. The lowest BCUT2D eigenvalue weighted by Crippen LogP contribution is -2.34. The van der Waals surface area contributed by atoms with Gasteiger partial charge in [0.25, 0.3) is 11.4 Å². The summed E-state index contributed by atoms with van der Waals surface area (Å²) in [7, 11) is 0. The first-order valence-corrected chi connectivity index (χ1v) is 9.95. The Bertz CT molecular complexity index is 367. The lowest BCUT2D eigenvalue weighted by Gasteiger charge is -2.32. The molecule has 4 heteroatoms. The minimum atomic E-state index is -0.0144. The number of unbranched alkanes of at least 4 members (excludes halogenated alkanes) is 4. The summed E-state index contributed by atoms with van der Waals surface area (Å²) in [6.07, 6.45) is 8.41. The zero-order valence-corrected chi connectivity index (χ0v) is 16.2. The second-order valence-corrected chi connectivity index (χ2v) is 6.74. The Morgan fingerprint density at radius 2 is 1.17 bits per heavy atom. The van der Waals surface area contributed by atoms with Crippen LogP contribution in [-0.2, 0) is 0 Å². The molecule has 0 saturated heterocycles. The molecule has 0 amide bonds. The van der Waals surface area contributed by atoms with Gasteiger partial charge in [0.05, 0.1) is 0 Å². The summed E-state index contributed by atoms with van der Waals surface area (Å²) in [5.41, 5.74) is 0.898. The van der Waals surface area contributed by atoms with Gasteiger partial charge < -0.3 is 10.2 Å². The molecule has 0 aromatic heterocycles. The summed E-state index contributed by atoms with van der Waals surface area (Å²) in [6.45, 7) is 11.8. The lowest BCUT2D eigenvalue weighted by atomic mass is 10.1. The minimum absolute atomic E-state index is 0.0144. The van der Waals surface area contributed by atoms with Crippen LogP contribution >= 0.6 is 0 Å². The topological polar surface area (TPSA) is 52.6 Å². The molecule has 0 spiro atoms. The molecule has 0 saturated carbocycles. The van der Waals surface area contributed by atoms with E-state index in [2.05, 4.69) is 27.7 Å². The van der Waals surface area contributed by atoms with E-state index in [0.29, 0.717) is 11.4 Å². The first-order valence-electron chi connectivity index (χ1n) is 9.95. The molecule has 1 aromatic carbocycles. The Morgan fingerprint density at radius 1 is 0.750 bits per heavy atom. The molecule has 0 heterocycles. The minimum Gasteiger partial charge on any atom is -0.790 e. The van der Waals surface area contributed by atoms with Gasteiger partial charge in [-0.25, -0.2) is 0 Å². The van der Waals surface area contributed by atoms with E-state index in [4.69, 9.17) is 0 Å². The highest BCUT2D eigenvalue weighted by molar-refractivity contribution is 5.91. The van der Waals surface area contributed by atoms with Crippen molar-refractivity contribution in [3.63, 3.8) is 0 Å². The van der Waals surface area contributed by atoms with Crippen LogP contribution in [0.5, 0.6) is 11.5 Å². The molecular weight excluding hydrogens is 300 g/mol. The van der Waals surface area contributed by atoms with Crippen LogP contribution in [0.1, 0.15) is 79.1 Å². The van der Waals surface area contributed by atoms with Gasteiger partial charge in [-0.15, -0.1) is 0 Å². The Morgan fingerprint density at radius 3 is 1.54 bits per heavy atom. The fourth-order valence-electron chi connectivity index (χ4n) is 3.01. The number of hydrogen-bond acceptors (Lipinski definition) is 4. The zero-order valence-electron chi connectivity index (χ0n) is 16.2. The van der Waals surface area contributed by atoms with E-state index >= 15 is 0 Å². The Kier molecular flexibility index (Phi) is 9.73. The predicted molar refractivity (Wildman–Crippen MR) is 101 cm³/mol. The molecule has 0 bridgehead atoms. The quantitative estimate of drug-likeness (QED) is 0.480. The van der Waals surface area contributed by atoms with Gasteiger partial charge in [-0.1, -0.05) is 53.4 Å². The van der Waals surface area contributed by atoms with Crippen molar-refractivity contribution in [2.45, 2.75) is 79.1 Å². The van der Waals surface area contributed by atoms with Crippen molar-refractivity contribution < 1.29 is 10.2 Å². The maximum atomic E-state index is 12.7. The predicted octanol–water partition coefficient (Wildman–Crippen LogP) is 4.08. The van der Waals surface area contributed by atoms with Crippen molar-refractivity contribution in [3.05, 3.63) is 0 Å². The van der Waals surface area contributed by atoms with E-state index in [1.807, 2.05) is 9.80 Å². The molecule has 24 heavy (non-hydrogen) atoms. The molecule has 1 rings (SSSR count). The molecule has 0 unspecified atom stereocenters. The van der Waals surface area contributed by atoms with Gasteiger partial charge in [-0.2, -0.15) is 0 Å². The van der Waals surface area contributed by atoms with Crippen LogP contribution in [0.3, 0.4) is 0 Å². The number of nitrogens with zero attached hydrogens (tertiary/aromatic N) is 2. The summed E-state index contributed by atoms with van der Waals surface area (Å²) < 4.78 is 0. The number of anilines is 2. The van der Waals surface area contributed by atoms with Crippen molar-refractivity contribution in [1.82, 2.24) is 0 Å². The first-order chi connectivity index (χ1) is 11.6. The van der Waals surface area contributed by atoms with Crippen LogP contribution in [0.15, 0.2) is 0 Å². The smallest absolute Gasteiger partial charge is 0.251 e. The SMILES string of the molecule is CCCCN(CCCC)c1c([O-])[c+](N(CCCC)CCCC)[c+]1[O-]. The molecule has 0 aliphatic heterocycles. The van der Waals surface area contributed by atoms with Gasteiger partial charge >= 0.3 is 0 Å². The highest BCUT2D eigenvalue weighted by Gasteiger charge is 2.36. The molecule has 0 fully saturated rings. The van der Waals surface area contributed by atoms with Crippen LogP contribution in [0.2, 0.25) is 0 Å². The van der Waals surface area contributed by atoms with Crippen LogP contribution < -0.4 is 20.0 Å². The standard InChI is InChI=1S/C20H36N2O2/c1-5-9-13-21(14-10-6-2)17-19(23)18(20(17)24)22(15-11-7-3)16-12-8-4/h5-16H2,1-4H3. The van der Waals surface area contributed by atoms with Crippen molar-refractivity contribution in [1.29, 1.82) is 0 Å². The summed E-state index contributed by atoms with van der Waals surface area (Å²) in [4.78, 5) is 4.08. The summed E-state index contributed by atoms with van der Waals surface area (Å²) in [6, 6.07) is 0. The van der Waals surface area contributed by atoms with E-state index in [1.54, 1.807) is 0 Å². The maximum Gasteiger partial charge on any atom is 0.251 e. The van der Waals surface area contributed by atoms with Crippen molar-refractivity contribution in [2.75, 3.05) is 36.0 Å². The normalized spacial score (nSPS) is 11.2. The molecule has 1 aromatic rings. The van der Waals surface area contributed by atoms with Crippen molar-refractivity contribution in [2.24, 2.45) is 0 Å². The molecule has 0 atom stereocenters. The van der Waals surface area contributed by atoms with E-state index in [1.165, 1.54) is 0 Å². The molecule has 0 radical (unpaired) electrons. The molecule has 0 aliphatic rings. The highest BCUT2D eigenvalue weighted by Crippen LogP contribution is 2.52. The third-order valence-electron chi connectivity index (χ3n) is 4.62. The molecule has 0 N–H and O–H groups in total. The van der Waals surface area contributed by atoms with Crippen LogP contribution in [0.25, 0.3) is 0 Å². The second kappa shape index (κ2) is 11.3. The van der Waals surface area contributed by atoms with Gasteiger partial charge in [-0.05, 0) is 25.7 Å². The number of rotatable bonds is 14. The Hall–Kier alpha value is -1.32. The largest absolute Gasteiger partial charge is 0.790 e. The maximum absolute atomic E-state index is 12.7. The summed E-state index contributed by atoms with van der Waals surface area (Å²) in [5.74, 6) is -0.0289. The van der Waals surface area contributed by atoms with Gasteiger partial charge in [0, 0.05) is 26.2 Å². The third-order valence-corrected chi connectivity index (χ3v) is 4.62. The van der Waals surface area contributed by atoms with Crippen molar-refractivity contribution >= 4 is 11.4 Å². The first kappa shape index (κ1) is 20.7. The third kappa shape index (κ3) is 5.35. The Labute approximate surface area is 148 Å².